The number of ether oxygens (including phenoxy) is 2. The number of fused-ring (bicyclic) bond motifs is 3. The molecule has 0 radical (unpaired) electrons. The number of hydrogen-bond donors (Lipinski definition) is 1. The van der Waals surface area contributed by atoms with E-state index < -0.39 is 6.09 Å². The minimum absolute atomic E-state index is 0.00401. The van der Waals surface area contributed by atoms with Crippen LogP contribution in [0.2, 0.25) is 0 Å². The Labute approximate surface area is 166 Å². The van der Waals surface area contributed by atoms with Gasteiger partial charge >= 0.3 is 12.1 Å². The Bertz CT molecular complexity index is 985. The summed E-state index contributed by atoms with van der Waals surface area (Å²) in [5, 5.41) is 4.71. The molecule has 28 heavy (non-hydrogen) atoms. The highest BCUT2D eigenvalue weighted by atomic mass is 32.1. The summed E-state index contributed by atoms with van der Waals surface area (Å²) in [6, 6.07) is 16.3. The van der Waals surface area contributed by atoms with Gasteiger partial charge in [0.2, 0.25) is 0 Å². The first-order valence-electron chi connectivity index (χ1n) is 8.79. The average Bonchev–Trinajstić information content (AvgIpc) is 3.28. The molecule has 6 nitrogen and oxygen atoms in total. The van der Waals surface area contributed by atoms with Gasteiger partial charge in [0.1, 0.15) is 6.61 Å². The van der Waals surface area contributed by atoms with Crippen LogP contribution in [0.25, 0.3) is 11.1 Å². The van der Waals surface area contributed by atoms with Crippen LogP contribution in [-0.4, -0.2) is 30.8 Å². The fourth-order valence-corrected chi connectivity index (χ4v) is 4.08. The molecule has 1 aliphatic carbocycles. The van der Waals surface area contributed by atoms with Crippen LogP contribution in [0.4, 0.5) is 9.93 Å². The molecular weight excluding hydrogens is 376 g/mol. The number of anilines is 1. The zero-order valence-electron chi connectivity index (χ0n) is 15.2. The van der Waals surface area contributed by atoms with E-state index in [2.05, 4.69) is 39.3 Å². The average molecular weight is 394 g/mol. The molecule has 1 aromatic heterocycles. The molecule has 0 aliphatic heterocycles. The SMILES string of the molecule is COC(=O)Cc1csc(NC(=O)OCC2c3ccccc3-c3ccccc32)n1. The summed E-state index contributed by atoms with van der Waals surface area (Å²) in [5.74, 6) is -0.373. The number of benzene rings is 2. The van der Waals surface area contributed by atoms with Gasteiger partial charge < -0.3 is 9.47 Å². The highest BCUT2D eigenvalue weighted by Gasteiger charge is 2.29. The maximum atomic E-state index is 12.2. The van der Waals surface area contributed by atoms with E-state index in [9.17, 15) is 9.59 Å². The summed E-state index contributed by atoms with van der Waals surface area (Å²) in [5.41, 5.74) is 5.22. The number of thiazole rings is 1. The molecule has 142 valence electrons. The van der Waals surface area contributed by atoms with Crippen molar-refractivity contribution in [2.75, 3.05) is 19.0 Å². The summed E-state index contributed by atoms with van der Waals surface area (Å²) < 4.78 is 10.1. The van der Waals surface area contributed by atoms with Crippen LogP contribution < -0.4 is 5.32 Å². The second-order valence-corrected chi connectivity index (χ2v) is 7.21. The third-order valence-electron chi connectivity index (χ3n) is 4.66. The molecule has 0 unspecified atom stereocenters. The minimum Gasteiger partial charge on any atom is -0.469 e. The highest BCUT2D eigenvalue weighted by Crippen LogP contribution is 2.44. The van der Waals surface area contributed by atoms with Gasteiger partial charge in [-0.3, -0.25) is 10.1 Å². The number of esters is 1. The molecule has 0 spiro atoms. The quantitative estimate of drug-likeness (QED) is 0.656. The Hall–Kier alpha value is -3.19. The highest BCUT2D eigenvalue weighted by molar-refractivity contribution is 7.13. The van der Waals surface area contributed by atoms with Crippen molar-refractivity contribution >= 4 is 28.5 Å². The van der Waals surface area contributed by atoms with Gasteiger partial charge in [-0.2, -0.15) is 0 Å². The van der Waals surface area contributed by atoms with Gasteiger partial charge in [0.05, 0.1) is 19.2 Å². The Morgan fingerprint density at radius 2 is 1.71 bits per heavy atom. The van der Waals surface area contributed by atoms with Crippen LogP contribution in [0.3, 0.4) is 0 Å². The molecule has 7 heteroatoms. The molecule has 0 fully saturated rings. The lowest BCUT2D eigenvalue weighted by atomic mass is 9.98. The second-order valence-electron chi connectivity index (χ2n) is 6.35. The fraction of sp³-hybridized carbons (Fsp3) is 0.190. The molecular formula is C21H18N2O4S. The van der Waals surface area contributed by atoms with E-state index in [1.54, 1.807) is 5.38 Å². The predicted octanol–water partition coefficient (Wildman–Crippen LogP) is 4.22. The summed E-state index contributed by atoms with van der Waals surface area (Å²) in [4.78, 5) is 27.7. The molecule has 0 saturated carbocycles. The molecule has 1 aliphatic rings. The molecule has 4 rings (SSSR count). The van der Waals surface area contributed by atoms with Gasteiger partial charge in [-0.1, -0.05) is 48.5 Å². The maximum absolute atomic E-state index is 12.2. The molecule has 1 amide bonds. The van der Waals surface area contributed by atoms with Crippen molar-refractivity contribution in [2.24, 2.45) is 0 Å². The first-order valence-corrected chi connectivity index (χ1v) is 9.67. The standard InChI is InChI=1S/C21H18N2O4S/c1-26-19(24)10-13-12-28-20(22-13)23-21(25)27-11-18-16-8-4-2-6-14(16)15-7-3-5-9-17(15)18/h2-9,12,18H,10-11H2,1H3,(H,22,23,25). The lowest BCUT2D eigenvalue weighted by Gasteiger charge is -2.14. The van der Waals surface area contributed by atoms with Crippen LogP contribution in [0.1, 0.15) is 22.7 Å². The Balaban J connectivity index is 1.41. The van der Waals surface area contributed by atoms with Crippen molar-refractivity contribution in [2.45, 2.75) is 12.3 Å². The van der Waals surface area contributed by atoms with Gasteiger partial charge in [0.15, 0.2) is 5.13 Å². The van der Waals surface area contributed by atoms with E-state index in [0.29, 0.717) is 10.8 Å². The van der Waals surface area contributed by atoms with E-state index in [-0.39, 0.29) is 24.9 Å². The smallest absolute Gasteiger partial charge is 0.413 e. The fourth-order valence-electron chi connectivity index (χ4n) is 3.39. The number of hydrogen-bond acceptors (Lipinski definition) is 6. The second kappa shape index (κ2) is 7.82. The van der Waals surface area contributed by atoms with Gasteiger partial charge in [-0.25, -0.2) is 9.78 Å². The third-order valence-corrected chi connectivity index (χ3v) is 5.46. The molecule has 1 N–H and O–H groups in total. The van der Waals surface area contributed by atoms with E-state index in [1.807, 2.05) is 24.3 Å². The Kier molecular flexibility index (Phi) is 5.08. The van der Waals surface area contributed by atoms with Crippen LogP contribution in [0.5, 0.6) is 0 Å². The van der Waals surface area contributed by atoms with Gasteiger partial charge in [-0.05, 0) is 22.3 Å². The molecule has 0 bridgehead atoms. The number of nitrogens with zero attached hydrogens (tertiary/aromatic N) is 1. The van der Waals surface area contributed by atoms with Crippen LogP contribution >= 0.6 is 11.3 Å². The van der Waals surface area contributed by atoms with E-state index >= 15 is 0 Å². The number of carbonyl (C=O) groups is 2. The topological polar surface area (TPSA) is 77.5 Å². The summed E-state index contributed by atoms with van der Waals surface area (Å²) in [6.45, 7) is 0.236. The summed E-state index contributed by atoms with van der Waals surface area (Å²) in [6.07, 6.45) is -0.500. The molecule has 2 aromatic carbocycles. The predicted molar refractivity (Wildman–Crippen MR) is 107 cm³/mol. The Morgan fingerprint density at radius 1 is 1.07 bits per heavy atom. The normalized spacial score (nSPS) is 12.2. The van der Waals surface area contributed by atoms with Crippen LogP contribution in [-0.2, 0) is 20.7 Å². The largest absolute Gasteiger partial charge is 0.469 e. The summed E-state index contributed by atoms with van der Waals surface area (Å²) in [7, 11) is 1.32. The monoisotopic (exact) mass is 394 g/mol. The minimum atomic E-state index is -0.569. The van der Waals surface area contributed by atoms with E-state index in [1.165, 1.54) is 29.6 Å². The number of methoxy groups -OCH3 is 1. The van der Waals surface area contributed by atoms with E-state index in [0.717, 1.165) is 11.1 Å². The maximum Gasteiger partial charge on any atom is 0.413 e. The van der Waals surface area contributed by atoms with E-state index in [4.69, 9.17) is 4.74 Å². The van der Waals surface area contributed by atoms with Crippen LogP contribution in [0.15, 0.2) is 53.9 Å². The van der Waals surface area contributed by atoms with Gasteiger partial charge in [-0.15, -0.1) is 11.3 Å². The van der Waals surface area contributed by atoms with Gasteiger partial charge in [0.25, 0.3) is 0 Å². The molecule has 3 aromatic rings. The number of rotatable bonds is 5. The molecule has 0 atom stereocenters. The van der Waals surface area contributed by atoms with Crippen LogP contribution in [0, 0.1) is 0 Å². The van der Waals surface area contributed by atoms with Crippen molar-refractivity contribution in [1.29, 1.82) is 0 Å². The number of nitrogens with one attached hydrogen (secondary N) is 1. The van der Waals surface area contributed by atoms with Crippen molar-refractivity contribution in [3.8, 4) is 11.1 Å². The van der Waals surface area contributed by atoms with Crippen molar-refractivity contribution < 1.29 is 19.1 Å². The summed E-state index contributed by atoms with van der Waals surface area (Å²) >= 11 is 1.23. The van der Waals surface area contributed by atoms with Crippen molar-refractivity contribution in [3.63, 3.8) is 0 Å². The van der Waals surface area contributed by atoms with Crippen molar-refractivity contribution in [3.05, 3.63) is 70.7 Å². The molecule has 0 saturated heterocycles. The number of amides is 1. The number of aromatic nitrogens is 1. The van der Waals surface area contributed by atoms with Crippen molar-refractivity contribution in [1.82, 2.24) is 4.98 Å². The Morgan fingerprint density at radius 3 is 2.36 bits per heavy atom. The van der Waals surface area contributed by atoms with Gasteiger partial charge in [0, 0.05) is 11.3 Å². The third kappa shape index (κ3) is 3.61. The lowest BCUT2D eigenvalue weighted by molar-refractivity contribution is -0.139. The zero-order valence-corrected chi connectivity index (χ0v) is 16.0. The lowest BCUT2D eigenvalue weighted by Crippen LogP contribution is -2.18. The zero-order chi connectivity index (χ0) is 19.5. The first-order chi connectivity index (χ1) is 13.7. The first kappa shape index (κ1) is 18.2. The molecule has 1 heterocycles. The number of carbonyl (C=O) groups excluding carboxylic acids is 2.